The first-order valence-electron chi connectivity index (χ1n) is 8.55. The van der Waals surface area contributed by atoms with E-state index < -0.39 is 0 Å². The molecule has 1 aromatic heterocycles. The number of rotatable bonds is 6. The van der Waals surface area contributed by atoms with Crippen molar-refractivity contribution in [3.05, 3.63) is 40.9 Å². The number of aliphatic hydroxyl groups is 1. The maximum atomic E-state index is 12.5. The summed E-state index contributed by atoms with van der Waals surface area (Å²) in [5, 5.41) is 9.55. The van der Waals surface area contributed by atoms with Crippen molar-refractivity contribution >= 4 is 16.8 Å². The SMILES string of the molecule is O=C(CCn1cnc2ccccc2c1=O)N1CCCC1CCCO. The summed E-state index contributed by atoms with van der Waals surface area (Å²) < 4.78 is 1.51. The van der Waals surface area contributed by atoms with Crippen LogP contribution in [0.4, 0.5) is 0 Å². The average molecular weight is 329 g/mol. The molecule has 1 saturated heterocycles. The topological polar surface area (TPSA) is 75.4 Å². The lowest BCUT2D eigenvalue weighted by Gasteiger charge is -2.24. The Bertz CT molecular complexity index is 771. The number of likely N-dealkylation sites (tertiary alicyclic amines) is 1. The number of carbonyl (C=O) groups is 1. The fourth-order valence-electron chi connectivity index (χ4n) is 3.42. The van der Waals surface area contributed by atoms with Crippen LogP contribution in [0, 0.1) is 0 Å². The van der Waals surface area contributed by atoms with E-state index in [0.29, 0.717) is 23.9 Å². The quantitative estimate of drug-likeness (QED) is 0.872. The van der Waals surface area contributed by atoms with Crippen LogP contribution in [0.1, 0.15) is 32.1 Å². The van der Waals surface area contributed by atoms with E-state index in [0.717, 1.165) is 32.2 Å². The van der Waals surface area contributed by atoms with Gasteiger partial charge in [0.2, 0.25) is 5.91 Å². The molecule has 1 aromatic carbocycles. The lowest BCUT2D eigenvalue weighted by molar-refractivity contribution is -0.132. The van der Waals surface area contributed by atoms with E-state index >= 15 is 0 Å². The number of benzene rings is 1. The molecule has 1 unspecified atom stereocenters. The molecule has 3 rings (SSSR count). The number of hydrogen-bond donors (Lipinski definition) is 1. The van der Waals surface area contributed by atoms with Crippen LogP contribution >= 0.6 is 0 Å². The first-order valence-corrected chi connectivity index (χ1v) is 8.55. The van der Waals surface area contributed by atoms with Crippen LogP contribution in [0.3, 0.4) is 0 Å². The Morgan fingerprint density at radius 3 is 3.00 bits per heavy atom. The maximum Gasteiger partial charge on any atom is 0.261 e. The van der Waals surface area contributed by atoms with E-state index in [9.17, 15) is 9.59 Å². The van der Waals surface area contributed by atoms with E-state index in [1.165, 1.54) is 10.9 Å². The molecule has 1 atom stereocenters. The highest BCUT2D eigenvalue weighted by Crippen LogP contribution is 2.22. The van der Waals surface area contributed by atoms with Crippen molar-refractivity contribution in [3.63, 3.8) is 0 Å². The second-order valence-corrected chi connectivity index (χ2v) is 6.26. The van der Waals surface area contributed by atoms with Gasteiger partial charge in [0.25, 0.3) is 5.56 Å². The van der Waals surface area contributed by atoms with Crippen LogP contribution in [-0.2, 0) is 11.3 Å². The zero-order chi connectivity index (χ0) is 16.9. The fourth-order valence-corrected chi connectivity index (χ4v) is 3.42. The Kier molecular flexibility index (Phi) is 5.25. The summed E-state index contributed by atoms with van der Waals surface area (Å²) >= 11 is 0. The van der Waals surface area contributed by atoms with Crippen molar-refractivity contribution in [2.24, 2.45) is 0 Å². The molecule has 128 valence electrons. The minimum atomic E-state index is -0.105. The molecule has 2 heterocycles. The van der Waals surface area contributed by atoms with E-state index in [1.54, 1.807) is 6.07 Å². The summed E-state index contributed by atoms with van der Waals surface area (Å²) in [6.07, 6.45) is 5.41. The lowest BCUT2D eigenvalue weighted by Crippen LogP contribution is -2.36. The van der Waals surface area contributed by atoms with Gasteiger partial charge in [0.15, 0.2) is 0 Å². The van der Waals surface area contributed by atoms with E-state index in [-0.39, 0.29) is 24.1 Å². The Balaban J connectivity index is 1.66. The zero-order valence-corrected chi connectivity index (χ0v) is 13.7. The van der Waals surface area contributed by atoms with Crippen molar-refractivity contribution in [3.8, 4) is 0 Å². The van der Waals surface area contributed by atoms with Gasteiger partial charge in [0.05, 0.1) is 17.2 Å². The van der Waals surface area contributed by atoms with E-state index in [1.807, 2.05) is 23.1 Å². The van der Waals surface area contributed by atoms with E-state index in [2.05, 4.69) is 4.98 Å². The molecule has 1 amide bonds. The highest BCUT2D eigenvalue weighted by molar-refractivity contribution is 5.78. The third-order valence-electron chi connectivity index (χ3n) is 4.69. The van der Waals surface area contributed by atoms with Gasteiger partial charge < -0.3 is 10.0 Å². The molecule has 1 aliphatic heterocycles. The molecule has 0 radical (unpaired) electrons. The molecular formula is C18H23N3O3. The first-order chi connectivity index (χ1) is 11.7. The summed E-state index contributed by atoms with van der Waals surface area (Å²) in [5.74, 6) is 0.0792. The van der Waals surface area contributed by atoms with Crippen LogP contribution in [0.25, 0.3) is 10.9 Å². The van der Waals surface area contributed by atoms with Crippen LogP contribution < -0.4 is 5.56 Å². The molecule has 0 saturated carbocycles. The summed E-state index contributed by atoms with van der Waals surface area (Å²) in [5.41, 5.74) is 0.570. The number of hydrogen-bond acceptors (Lipinski definition) is 4. The highest BCUT2D eigenvalue weighted by Gasteiger charge is 2.27. The fraction of sp³-hybridized carbons (Fsp3) is 0.500. The van der Waals surface area contributed by atoms with Crippen LogP contribution in [0.2, 0.25) is 0 Å². The Labute approximate surface area is 140 Å². The van der Waals surface area contributed by atoms with Gasteiger partial charge >= 0.3 is 0 Å². The molecule has 1 fully saturated rings. The van der Waals surface area contributed by atoms with Gasteiger partial charge in [-0.15, -0.1) is 0 Å². The Hall–Kier alpha value is -2.21. The van der Waals surface area contributed by atoms with E-state index in [4.69, 9.17) is 5.11 Å². The molecule has 0 spiro atoms. The first kappa shape index (κ1) is 16.6. The van der Waals surface area contributed by atoms with Gasteiger partial charge in [0, 0.05) is 32.2 Å². The molecule has 1 N–H and O–H groups in total. The number of aliphatic hydroxyl groups excluding tert-OH is 1. The number of aromatic nitrogens is 2. The van der Waals surface area contributed by atoms with Crippen molar-refractivity contribution in [1.82, 2.24) is 14.5 Å². The molecule has 2 aromatic rings. The molecule has 0 aliphatic carbocycles. The highest BCUT2D eigenvalue weighted by atomic mass is 16.3. The second-order valence-electron chi connectivity index (χ2n) is 6.26. The summed E-state index contributed by atoms with van der Waals surface area (Å²) in [6.45, 7) is 1.29. The van der Waals surface area contributed by atoms with Crippen LogP contribution in [0.15, 0.2) is 35.4 Å². The predicted octanol–water partition coefficient (Wildman–Crippen LogP) is 1.55. The van der Waals surface area contributed by atoms with Gasteiger partial charge in [-0.1, -0.05) is 12.1 Å². The molecule has 1 aliphatic rings. The average Bonchev–Trinajstić information content (AvgIpc) is 3.08. The maximum absolute atomic E-state index is 12.5. The zero-order valence-electron chi connectivity index (χ0n) is 13.7. The number of aryl methyl sites for hydroxylation is 1. The third kappa shape index (κ3) is 3.48. The molecule has 0 bridgehead atoms. The van der Waals surface area contributed by atoms with Gasteiger partial charge in [0.1, 0.15) is 0 Å². The Morgan fingerprint density at radius 2 is 2.17 bits per heavy atom. The number of carbonyl (C=O) groups excluding carboxylic acids is 1. The summed E-state index contributed by atoms with van der Waals surface area (Å²) in [6, 6.07) is 7.46. The minimum absolute atomic E-state index is 0.0792. The standard InChI is InChI=1S/C18H23N3O3/c22-12-4-6-14-5-3-10-21(14)17(23)9-11-20-13-19-16-8-2-1-7-15(16)18(20)24/h1-2,7-8,13-14,22H,3-6,9-12H2. The third-order valence-corrected chi connectivity index (χ3v) is 4.69. The van der Waals surface area contributed by atoms with Crippen LogP contribution in [0.5, 0.6) is 0 Å². The molecule has 6 nitrogen and oxygen atoms in total. The smallest absolute Gasteiger partial charge is 0.261 e. The van der Waals surface area contributed by atoms with Crippen molar-refractivity contribution < 1.29 is 9.90 Å². The number of amides is 1. The molecule has 6 heteroatoms. The van der Waals surface area contributed by atoms with Crippen LogP contribution in [-0.4, -0.2) is 44.7 Å². The van der Waals surface area contributed by atoms with Gasteiger partial charge in [-0.2, -0.15) is 0 Å². The normalized spacial score (nSPS) is 17.5. The van der Waals surface area contributed by atoms with Gasteiger partial charge in [-0.3, -0.25) is 14.2 Å². The van der Waals surface area contributed by atoms with Gasteiger partial charge in [-0.25, -0.2) is 4.98 Å². The number of para-hydroxylation sites is 1. The number of fused-ring (bicyclic) bond motifs is 1. The predicted molar refractivity (Wildman–Crippen MR) is 91.7 cm³/mol. The number of nitrogens with zero attached hydrogens (tertiary/aromatic N) is 3. The Morgan fingerprint density at radius 1 is 1.33 bits per heavy atom. The molecular weight excluding hydrogens is 306 g/mol. The minimum Gasteiger partial charge on any atom is -0.396 e. The monoisotopic (exact) mass is 329 g/mol. The molecule has 24 heavy (non-hydrogen) atoms. The summed E-state index contributed by atoms with van der Waals surface area (Å²) in [4.78, 5) is 31.1. The van der Waals surface area contributed by atoms with Crippen molar-refractivity contribution in [1.29, 1.82) is 0 Å². The lowest BCUT2D eigenvalue weighted by atomic mass is 10.1. The van der Waals surface area contributed by atoms with Crippen molar-refractivity contribution in [2.75, 3.05) is 13.2 Å². The second kappa shape index (κ2) is 7.57. The largest absolute Gasteiger partial charge is 0.396 e. The summed E-state index contributed by atoms with van der Waals surface area (Å²) in [7, 11) is 0. The van der Waals surface area contributed by atoms with Crippen molar-refractivity contribution in [2.45, 2.75) is 44.7 Å². The van der Waals surface area contributed by atoms with Gasteiger partial charge in [-0.05, 0) is 37.8 Å².